The number of hydrogen-bond acceptors (Lipinski definition) is 4. The summed E-state index contributed by atoms with van der Waals surface area (Å²) in [6.45, 7) is 11.4. The van der Waals surface area contributed by atoms with Crippen molar-refractivity contribution in [2.45, 2.75) is 58.2 Å². The Bertz CT molecular complexity index is 491. The minimum Gasteiger partial charge on any atom is -0.339 e. The van der Waals surface area contributed by atoms with E-state index in [1.807, 2.05) is 6.20 Å². The summed E-state index contributed by atoms with van der Waals surface area (Å²) in [5.41, 5.74) is 2.73. The number of nitrogens with zero attached hydrogens (tertiary/aromatic N) is 1. The molecule has 0 aliphatic carbocycles. The number of pyridine rings is 1. The molecule has 1 N–H and O–H groups in total. The van der Waals surface area contributed by atoms with E-state index >= 15 is 0 Å². The van der Waals surface area contributed by atoms with Gasteiger partial charge in [0.15, 0.2) is 6.29 Å². The van der Waals surface area contributed by atoms with Crippen LogP contribution < -0.4 is 5.32 Å². The standard InChI is InChI=1S/C15H22N2O2/c1-9-6-10(7-17-12(9)11-8-16-11)13-18-14(2,3)15(4,5)19-13/h6-7,11,13,16H,8H2,1-5H3. The smallest absolute Gasteiger partial charge is 0.186 e. The molecule has 0 spiro atoms. The first-order valence-corrected chi connectivity index (χ1v) is 6.86. The van der Waals surface area contributed by atoms with Gasteiger partial charge in [-0.05, 0) is 46.2 Å². The molecule has 4 heteroatoms. The van der Waals surface area contributed by atoms with Crippen LogP contribution in [0.3, 0.4) is 0 Å². The highest BCUT2D eigenvalue weighted by molar-refractivity contribution is 5.30. The summed E-state index contributed by atoms with van der Waals surface area (Å²) < 4.78 is 12.1. The van der Waals surface area contributed by atoms with Crippen LogP contribution in [0.2, 0.25) is 0 Å². The Hall–Kier alpha value is -0.970. The Balaban J connectivity index is 1.86. The maximum Gasteiger partial charge on any atom is 0.186 e. The Morgan fingerprint density at radius 3 is 2.26 bits per heavy atom. The molecule has 0 bridgehead atoms. The van der Waals surface area contributed by atoms with Gasteiger partial charge < -0.3 is 14.8 Å². The normalized spacial score (nSPS) is 28.6. The molecular formula is C15H22N2O2. The van der Waals surface area contributed by atoms with Crippen molar-refractivity contribution in [3.05, 3.63) is 29.1 Å². The van der Waals surface area contributed by atoms with Crippen LogP contribution in [0.15, 0.2) is 12.3 Å². The molecule has 1 unspecified atom stereocenters. The van der Waals surface area contributed by atoms with Crippen molar-refractivity contribution in [3.63, 3.8) is 0 Å². The summed E-state index contributed by atoms with van der Waals surface area (Å²) in [4.78, 5) is 4.56. The van der Waals surface area contributed by atoms with Crippen molar-refractivity contribution in [1.29, 1.82) is 0 Å². The van der Waals surface area contributed by atoms with E-state index in [9.17, 15) is 0 Å². The number of hydrogen-bond donors (Lipinski definition) is 1. The fourth-order valence-electron chi connectivity index (χ4n) is 2.33. The first-order chi connectivity index (χ1) is 8.80. The van der Waals surface area contributed by atoms with Gasteiger partial charge in [0.25, 0.3) is 0 Å². The quantitative estimate of drug-likeness (QED) is 0.832. The van der Waals surface area contributed by atoms with E-state index < -0.39 is 0 Å². The first-order valence-electron chi connectivity index (χ1n) is 6.86. The number of rotatable bonds is 2. The highest BCUT2D eigenvalue weighted by Crippen LogP contribution is 2.44. The topological polar surface area (TPSA) is 53.3 Å². The lowest BCUT2D eigenvalue weighted by atomic mass is 9.90. The third-order valence-corrected chi connectivity index (χ3v) is 4.40. The molecule has 4 nitrogen and oxygen atoms in total. The summed E-state index contributed by atoms with van der Waals surface area (Å²) in [5, 5.41) is 3.28. The second-order valence-corrected chi connectivity index (χ2v) is 6.52. The van der Waals surface area contributed by atoms with Crippen molar-refractivity contribution >= 4 is 0 Å². The van der Waals surface area contributed by atoms with Gasteiger partial charge in [-0.3, -0.25) is 4.98 Å². The summed E-state index contributed by atoms with van der Waals surface area (Å²) in [6, 6.07) is 2.57. The summed E-state index contributed by atoms with van der Waals surface area (Å²) in [5.74, 6) is 0. The molecule has 1 atom stereocenters. The highest BCUT2D eigenvalue weighted by Gasteiger charge is 2.49. The first kappa shape index (κ1) is 13.0. The Morgan fingerprint density at radius 1 is 1.21 bits per heavy atom. The third-order valence-electron chi connectivity index (χ3n) is 4.40. The average molecular weight is 262 g/mol. The van der Waals surface area contributed by atoms with Gasteiger partial charge in [0.2, 0.25) is 0 Å². The van der Waals surface area contributed by atoms with Crippen LogP contribution in [0.25, 0.3) is 0 Å². The predicted molar refractivity (Wildman–Crippen MR) is 72.8 cm³/mol. The predicted octanol–water partition coefficient (Wildman–Crippen LogP) is 2.64. The molecule has 2 fully saturated rings. The van der Waals surface area contributed by atoms with E-state index in [1.165, 1.54) is 5.56 Å². The van der Waals surface area contributed by atoms with E-state index in [0.717, 1.165) is 17.8 Å². The molecule has 1 aromatic rings. The molecule has 2 aliphatic heterocycles. The Morgan fingerprint density at radius 2 is 1.79 bits per heavy atom. The Kier molecular flexibility index (Phi) is 2.75. The van der Waals surface area contributed by atoms with Gasteiger partial charge in [-0.25, -0.2) is 0 Å². The van der Waals surface area contributed by atoms with Crippen molar-refractivity contribution in [2.75, 3.05) is 6.54 Å². The number of aromatic nitrogens is 1. The second kappa shape index (κ2) is 4.01. The van der Waals surface area contributed by atoms with Crippen molar-refractivity contribution in [3.8, 4) is 0 Å². The highest BCUT2D eigenvalue weighted by atomic mass is 16.7. The zero-order valence-corrected chi connectivity index (χ0v) is 12.3. The fourth-order valence-corrected chi connectivity index (χ4v) is 2.33. The molecule has 0 amide bonds. The molecule has 104 valence electrons. The molecule has 0 radical (unpaired) electrons. The van der Waals surface area contributed by atoms with Crippen LogP contribution in [-0.2, 0) is 9.47 Å². The number of nitrogens with one attached hydrogen (secondary N) is 1. The summed E-state index contributed by atoms with van der Waals surface area (Å²) in [7, 11) is 0. The van der Waals surface area contributed by atoms with Gasteiger partial charge in [-0.1, -0.05) is 0 Å². The lowest BCUT2D eigenvalue weighted by Gasteiger charge is -2.30. The minimum absolute atomic E-state index is 0.303. The van der Waals surface area contributed by atoms with E-state index in [-0.39, 0.29) is 17.5 Å². The van der Waals surface area contributed by atoms with E-state index in [0.29, 0.717) is 6.04 Å². The minimum atomic E-state index is -0.322. The molecule has 19 heavy (non-hydrogen) atoms. The van der Waals surface area contributed by atoms with Crippen molar-refractivity contribution < 1.29 is 9.47 Å². The maximum atomic E-state index is 6.04. The van der Waals surface area contributed by atoms with Crippen LogP contribution in [0.5, 0.6) is 0 Å². The van der Waals surface area contributed by atoms with E-state index in [2.05, 4.69) is 51.0 Å². The van der Waals surface area contributed by atoms with Crippen LogP contribution >= 0.6 is 0 Å². The zero-order chi connectivity index (χ0) is 13.8. The van der Waals surface area contributed by atoms with Crippen LogP contribution in [0, 0.1) is 6.92 Å². The molecule has 3 rings (SSSR count). The second-order valence-electron chi connectivity index (χ2n) is 6.52. The SMILES string of the molecule is Cc1cc(C2OC(C)(C)C(C)(C)O2)cnc1C1CN1. The van der Waals surface area contributed by atoms with E-state index in [4.69, 9.17) is 9.47 Å². The third kappa shape index (κ3) is 2.18. The number of aryl methyl sites for hydroxylation is 1. The Labute approximate surface area is 114 Å². The molecule has 3 heterocycles. The number of ether oxygens (including phenoxy) is 2. The van der Waals surface area contributed by atoms with Gasteiger partial charge in [0.05, 0.1) is 22.9 Å². The van der Waals surface area contributed by atoms with Gasteiger partial charge >= 0.3 is 0 Å². The molecule has 0 saturated carbocycles. The van der Waals surface area contributed by atoms with Crippen LogP contribution in [0.4, 0.5) is 0 Å². The molecule has 2 saturated heterocycles. The van der Waals surface area contributed by atoms with Gasteiger partial charge in [-0.2, -0.15) is 0 Å². The lowest BCUT2D eigenvalue weighted by molar-refractivity contribution is -0.0898. The van der Waals surface area contributed by atoms with Crippen molar-refractivity contribution in [2.24, 2.45) is 0 Å². The van der Waals surface area contributed by atoms with Gasteiger partial charge in [0.1, 0.15) is 0 Å². The maximum absolute atomic E-state index is 6.04. The fraction of sp³-hybridized carbons (Fsp3) is 0.667. The summed E-state index contributed by atoms with van der Waals surface area (Å²) in [6.07, 6.45) is 1.56. The molecule has 2 aliphatic rings. The van der Waals surface area contributed by atoms with Gasteiger partial charge in [0, 0.05) is 18.3 Å². The van der Waals surface area contributed by atoms with Gasteiger partial charge in [-0.15, -0.1) is 0 Å². The molecular weight excluding hydrogens is 240 g/mol. The lowest BCUT2D eigenvalue weighted by Crippen LogP contribution is -2.41. The molecule has 0 aromatic carbocycles. The van der Waals surface area contributed by atoms with Crippen LogP contribution in [0.1, 0.15) is 56.8 Å². The largest absolute Gasteiger partial charge is 0.339 e. The van der Waals surface area contributed by atoms with Crippen molar-refractivity contribution in [1.82, 2.24) is 10.3 Å². The average Bonchev–Trinajstić information content (AvgIpc) is 3.07. The summed E-state index contributed by atoms with van der Waals surface area (Å²) >= 11 is 0. The van der Waals surface area contributed by atoms with E-state index in [1.54, 1.807) is 0 Å². The molecule has 1 aromatic heterocycles. The van der Waals surface area contributed by atoms with Crippen LogP contribution in [-0.4, -0.2) is 22.7 Å². The zero-order valence-electron chi connectivity index (χ0n) is 12.3. The monoisotopic (exact) mass is 262 g/mol.